The third-order valence-electron chi connectivity index (χ3n) is 2.56. The highest BCUT2D eigenvalue weighted by Gasteiger charge is 2.45. The van der Waals surface area contributed by atoms with E-state index in [-0.39, 0.29) is 10.8 Å². The van der Waals surface area contributed by atoms with E-state index in [1.54, 1.807) is 25.1 Å². The van der Waals surface area contributed by atoms with Crippen LogP contribution in [0.5, 0.6) is 0 Å². The third kappa shape index (κ3) is 1.52. The SMILES string of the molecule is CC1C(=O)NC1S(=O)(=O)c1ccccc1. The Kier molecular flexibility index (Phi) is 2.26. The Labute approximate surface area is 88.2 Å². The molecule has 1 heterocycles. The number of sulfone groups is 1. The molecule has 80 valence electrons. The van der Waals surface area contributed by atoms with Gasteiger partial charge in [0, 0.05) is 0 Å². The summed E-state index contributed by atoms with van der Waals surface area (Å²) in [4.78, 5) is 11.2. The van der Waals surface area contributed by atoms with Crippen LogP contribution in [-0.2, 0) is 14.6 Å². The molecule has 2 rings (SSSR count). The van der Waals surface area contributed by atoms with E-state index in [0.717, 1.165) is 0 Å². The van der Waals surface area contributed by atoms with Gasteiger partial charge in [-0.3, -0.25) is 4.79 Å². The smallest absolute Gasteiger partial charge is 0.227 e. The predicted octanol–water partition coefficient (Wildman–Crippen LogP) is 0.552. The summed E-state index contributed by atoms with van der Waals surface area (Å²) in [6.07, 6.45) is 0. The zero-order chi connectivity index (χ0) is 11.1. The minimum Gasteiger partial charge on any atom is -0.338 e. The molecule has 1 aromatic carbocycles. The van der Waals surface area contributed by atoms with Crippen LogP contribution in [0, 0.1) is 5.92 Å². The largest absolute Gasteiger partial charge is 0.338 e. The van der Waals surface area contributed by atoms with Crippen molar-refractivity contribution >= 4 is 15.7 Å². The summed E-state index contributed by atoms with van der Waals surface area (Å²) in [6.45, 7) is 1.62. The van der Waals surface area contributed by atoms with E-state index in [2.05, 4.69) is 5.32 Å². The fourth-order valence-corrected chi connectivity index (χ4v) is 3.30. The van der Waals surface area contributed by atoms with E-state index in [9.17, 15) is 13.2 Å². The number of amides is 1. The average Bonchev–Trinajstić information content (AvgIpc) is 2.26. The molecule has 1 aliphatic rings. The van der Waals surface area contributed by atoms with Crippen molar-refractivity contribution in [2.75, 3.05) is 0 Å². The summed E-state index contributed by atoms with van der Waals surface area (Å²) < 4.78 is 23.9. The van der Waals surface area contributed by atoms with Gasteiger partial charge in [-0.25, -0.2) is 8.42 Å². The van der Waals surface area contributed by atoms with Crippen LogP contribution in [-0.4, -0.2) is 19.7 Å². The van der Waals surface area contributed by atoms with Crippen molar-refractivity contribution < 1.29 is 13.2 Å². The topological polar surface area (TPSA) is 63.2 Å². The summed E-state index contributed by atoms with van der Waals surface area (Å²) in [7, 11) is -3.42. The Hall–Kier alpha value is -1.36. The third-order valence-corrected chi connectivity index (χ3v) is 4.68. The second-order valence-electron chi connectivity index (χ2n) is 3.58. The quantitative estimate of drug-likeness (QED) is 0.748. The maximum Gasteiger partial charge on any atom is 0.227 e. The number of hydrogen-bond donors (Lipinski definition) is 1. The number of carbonyl (C=O) groups excluding carboxylic acids is 1. The number of nitrogens with one attached hydrogen (secondary N) is 1. The highest BCUT2D eigenvalue weighted by molar-refractivity contribution is 7.92. The minimum atomic E-state index is -3.42. The van der Waals surface area contributed by atoms with E-state index in [0.29, 0.717) is 0 Å². The molecule has 0 bridgehead atoms. The van der Waals surface area contributed by atoms with Gasteiger partial charge in [-0.1, -0.05) is 25.1 Å². The fourth-order valence-electron chi connectivity index (χ4n) is 1.54. The van der Waals surface area contributed by atoms with Gasteiger partial charge in [-0.2, -0.15) is 0 Å². The van der Waals surface area contributed by atoms with Crippen molar-refractivity contribution in [1.29, 1.82) is 0 Å². The van der Waals surface area contributed by atoms with Crippen LogP contribution in [0.15, 0.2) is 35.2 Å². The van der Waals surface area contributed by atoms with Crippen LogP contribution < -0.4 is 5.32 Å². The number of rotatable bonds is 2. The Morgan fingerprint density at radius 1 is 1.20 bits per heavy atom. The zero-order valence-corrected chi connectivity index (χ0v) is 8.99. The predicted molar refractivity (Wildman–Crippen MR) is 54.7 cm³/mol. The maximum absolute atomic E-state index is 12.0. The van der Waals surface area contributed by atoms with Gasteiger partial charge in [-0.15, -0.1) is 0 Å². The molecule has 0 radical (unpaired) electrons. The van der Waals surface area contributed by atoms with Crippen molar-refractivity contribution in [1.82, 2.24) is 5.32 Å². The van der Waals surface area contributed by atoms with Crippen molar-refractivity contribution in [3.63, 3.8) is 0 Å². The summed E-state index contributed by atoms with van der Waals surface area (Å²) >= 11 is 0. The highest BCUT2D eigenvalue weighted by atomic mass is 32.2. The lowest BCUT2D eigenvalue weighted by Gasteiger charge is -2.33. The second kappa shape index (κ2) is 3.34. The van der Waals surface area contributed by atoms with Crippen LogP contribution in [0.3, 0.4) is 0 Å². The Bertz CT molecular complexity index is 481. The van der Waals surface area contributed by atoms with E-state index >= 15 is 0 Å². The van der Waals surface area contributed by atoms with Crippen LogP contribution in [0.4, 0.5) is 0 Å². The summed E-state index contributed by atoms with van der Waals surface area (Å²) in [5, 5.41) is 1.63. The molecule has 0 saturated carbocycles. The van der Waals surface area contributed by atoms with Gasteiger partial charge in [0.1, 0.15) is 5.37 Å². The standard InChI is InChI=1S/C10H11NO3S/c1-7-9(12)11-10(7)15(13,14)8-5-3-2-4-6-8/h2-7,10H,1H3,(H,11,12). The lowest BCUT2D eigenvalue weighted by molar-refractivity contribution is -0.131. The number of β-lactam (4-membered cyclic amide) rings is 1. The van der Waals surface area contributed by atoms with Crippen LogP contribution in [0.1, 0.15) is 6.92 Å². The maximum atomic E-state index is 12.0. The second-order valence-corrected chi connectivity index (χ2v) is 5.65. The summed E-state index contributed by atoms with van der Waals surface area (Å²) in [6, 6.07) is 8.15. The molecule has 0 spiro atoms. The van der Waals surface area contributed by atoms with Crippen molar-refractivity contribution in [3.05, 3.63) is 30.3 Å². The molecule has 5 heteroatoms. The lowest BCUT2D eigenvalue weighted by Crippen LogP contribution is -2.60. The van der Waals surface area contributed by atoms with E-state index in [4.69, 9.17) is 0 Å². The molecule has 2 unspecified atom stereocenters. The lowest BCUT2D eigenvalue weighted by atomic mass is 10.1. The average molecular weight is 225 g/mol. The van der Waals surface area contributed by atoms with Gasteiger partial charge in [0.2, 0.25) is 5.91 Å². The van der Waals surface area contributed by atoms with Crippen LogP contribution in [0.2, 0.25) is 0 Å². The van der Waals surface area contributed by atoms with E-state index in [1.165, 1.54) is 12.1 Å². The molecule has 4 nitrogen and oxygen atoms in total. The van der Waals surface area contributed by atoms with Gasteiger partial charge in [-0.05, 0) is 12.1 Å². The Morgan fingerprint density at radius 3 is 2.27 bits per heavy atom. The molecular weight excluding hydrogens is 214 g/mol. The van der Waals surface area contributed by atoms with Gasteiger partial charge in [0.15, 0.2) is 9.84 Å². The molecule has 0 aliphatic carbocycles. The molecule has 2 atom stereocenters. The Balaban J connectivity index is 2.34. The Morgan fingerprint density at radius 2 is 1.80 bits per heavy atom. The number of benzene rings is 1. The molecule has 1 N–H and O–H groups in total. The molecule has 15 heavy (non-hydrogen) atoms. The molecule has 1 amide bonds. The fraction of sp³-hybridized carbons (Fsp3) is 0.300. The van der Waals surface area contributed by atoms with Crippen LogP contribution >= 0.6 is 0 Å². The van der Waals surface area contributed by atoms with Crippen molar-refractivity contribution in [2.45, 2.75) is 17.2 Å². The highest BCUT2D eigenvalue weighted by Crippen LogP contribution is 2.25. The summed E-state index contributed by atoms with van der Waals surface area (Å²) in [5.41, 5.74) is 0. The normalized spacial score (nSPS) is 25.5. The molecule has 1 fully saturated rings. The van der Waals surface area contributed by atoms with Gasteiger partial charge < -0.3 is 5.32 Å². The van der Waals surface area contributed by atoms with Crippen molar-refractivity contribution in [2.24, 2.45) is 5.92 Å². The molecule has 1 aliphatic heterocycles. The van der Waals surface area contributed by atoms with Gasteiger partial charge in [0.25, 0.3) is 0 Å². The number of hydrogen-bond acceptors (Lipinski definition) is 3. The molecular formula is C10H11NO3S. The first-order valence-electron chi connectivity index (χ1n) is 4.63. The first-order valence-corrected chi connectivity index (χ1v) is 6.17. The minimum absolute atomic E-state index is 0.209. The first-order chi connectivity index (χ1) is 7.03. The van der Waals surface area contributed by atoms with Gasteiger partial charge in [0.05, 0.1) is 10.8 Å². The summed E-state index contributed by atoms with van der Waals surface area (Å²) in [5.74, 6) is -0.672. The van der Waals surface area contributed by atoms with Crippen molar-refractivity contribution in [3.8, 4) is 0 Å². The molecule has 0 aromatic heterocycles. The molecule has 1 aromatic rings. The van der Waals surface area contributed by atoms with Crippen LogP contribution in [0.25, 0.3) is 0 Å². The molecule has 1 saturated heterocycles. The monoisotopic (exact) mass is 225 g/mol. The van der Waals surface area contributed by atoms with E-state index in [1.807, 2.05) is 0 Å². The zero-order valence-electron chi connectivity index (χ0n) is 8.17. The number of carbonyl (C=O) groups is 1. The first kappa shape index (κ1) is 10.2. The van der Waals surface area contributed by atoms with E-state index < -0.39 is 21.1 Å². The van der Waals surface area contributed by atoms with Gasteiger partial charge >= 0.3 is 0 Å².